The number of likely N-dealkylation sites (tertiary alicyclic amines) is 1. The van der Waals surface area contributed by atoms with E-state index in [0.717, 1.165) is 67.0 Å². The molecule has 6 heteroatoms. The third kappa shape index (κ3) is 5.63. The SMILES string of the molecule is O=c1c2ccccc2c(Cc2ccc(F)cc2)nn1C1CCN(CCCc2ccc(Cl)cc2)CC1. The smallest absolute Gasteiger partial charge is 0.274 e. The van der Waals surface area contributed by atoms with Gasteiger partial charge in [0.2, 0.25) is 0 Å². The van der Waals surface area contributed by atoms with Gasteiger partial charge in [0.05, 0.1) is 17.1 Å². The number of aromatic nitrogens is 2. The van der Waals surface area contributed by atoms with E-state index in [9.17, 15) is 9.18 Å². The van der Waals surface area contributed by atoms with E-state index in [1.165, 1.54) is 17.7 Å². The Labute approximate surface area is 210 Å². The molecule has 0 amide bonds. The largest absolute Gasteiger partial charge is 0.303 e. The van der Waals surface area contributed by atoms with Crippen molar-refractivity contribution in [2.75, 3.05) is 19.6 Å². The standard InChI is InChI=1S/C29H29ClFN3O/c30-23-11-7-21(8-12-23)4-3-17-33-18-15-25(16-19-33)34-29(35)27-6-2-1-5-26(27)28(32-34)20-22-9-13-24(31)14-10-22/h1-2,5-14,25H,3-4,15-20H2. The van der Waals surface area contributed by atoms with Crippen LogP contribution < -0.4 is 5.56 Å². The van der Waals surface area contributed by atoms with E-state index in [0.29, 0.717) is 11.8 Å². The molecule has 0 aliphatic carbocycles. The van der Waals surface area contributed by atoms with Crippen molar-refractivity contribution in [1.29, 1.82) is 0 Å². The number of aryl methyl sites for hydroxylation is 1. The summed E-state index contributed by atoms with van der Waals surface area (Å²) in [6, 6.07) is 22.3. The fourth-order valence-corrected chi connectivity index (χ4v) is 5.12. The second kappa shape index (κ2) is 10.7. The van der Waals surface area contributed by atoms with Crippen molar-refractivity contribution in [3.8, 4) is 0 Å². The van der Waals surface area contributed by atoms with E-state index in [1.807, 2.05) is 36.4 Å². The Kier molecular flexibility index (Phi) is 7.26. The number of rotatable bonds is 7. The number of piperidine rings is 1. The molecule has 1 aromatic heterocycles. The number of hydrogen-bond acceptors (Lipinski definition) is 3. The van der Waals surface area contributed by atoms with Gasteiger partial charge in [-0.1, -0.05) is 54.1 Å². The van der Waals surface area contributed by atoms with Gasteiger partial charge < -0.3 is 4.90 Å². The Hall–Kier alpha value is -3.02. The van der Waals surface area contributed by atoms with Crippen LogP contribution in [0.3, 0.4) is 0 Å². The maximum absolute atomic E-state index is 13.4. The Morgan fingerprint density at radius 2 is 1.54 bits per heavy atom. The molecule has 4 nitrogen and oxygen atoms in total. The average Bonchev–Trinajstić information content (AvgIpc) is 2.89. The minimum Gasteiger partial charge on any atom is -0.303 e. The summed E-state index contributed by atoms with van der Waals surface area (Å²) in [7, 11) is 0. The van der Waals surface area contributed by atoms with Crippen LogP contribution in [0.4, 0.5) is 4.39 Å². The van der Waals surface area contributed by atoms with Gasteiger partial charge in [0, 0.05) is 29.9 Å². The second-order valence-corrected chi connectivity index (χ2v) is 9.78. The number of fused-ring (bicyclic) bond motifs is 1. The van der Waals surface area contributed by atoms with E-state index in [2.05, 4.69) is 17.0 Å². The summed E-state index contributed by atoms with van der Waals surface area (Å²) in [5.74, 6) is -0.253. The van der Waals surface area contributed by atoms with Crippen LogP contribution in [0.1, 0.15) is 42.1 Å². The van der Waals surface area contributed by atoms with Gasteiger partial charge in [-0.15, -0.1) is 0 Å². The molecule has 0 spiro atoms. The predicted molar refractivity (Wildman–Crippen MR) is 140 cm³/mol. The van der Waals surface area contributed by atoms with E-state index in [1.54, 1.807) is 16.8 Å². The molecule has 0 radical (unpaired) electrons. The monoisotopic (exact) mass is 489 g/mol. The first-order valence-electron chi connectivity index (χ1n) is 12.3. The van der Waals surface area contributed by atoms with E-state index in [-0.39, 0.29) is 17.4 Å². The molecule has 1 aliphatic heterocycles. The summed E-state index contributed by atoms with van der Waals surface area (Å²) in [6.45, 7) is 2.96. The zero-order valence-corrected chi connectivity index (χ0v) is 20.4. The Morgan fingerprint density at radius 3 is 2.26 bits per heavy atom. The van der Waals surface area contributed by atoms with Crippen LogP contribution in [0.5, 0.6) is 0 Å². The van der Waals surface area contributed by atoms with Crippen LogP contribution in [-0.2, 0) is 12.8 Å². The molecular weight excluding hydrogens is 461 g/mol. The van der Waals surface area contributed by atoms with Crippen molar-refractivity contribution in [1.82, 2.24) is 14.7 Å². The van der Waals surface area contributed by atoms with Gasteiger partial charge in [-0.3, -0.25) is 4.79 Å². The highest BCUT2D eigenvalue weighted by molar-refractivity contribution is 6.30. The van der Waals surface area contributed by atoms with Crippen LogP contribution >= 0.6 is 11.6 Å². The third-order valence-electron chi connectivity index (χ3n) is 6.95. The minimum atomic E-state index is -0.253. The second-order valence-electron chi connectivity index (χ2n) is 9.35. The molecule has 5 rings (SSSR count). The number of hydrogen-bond donors (Lipinski definition) is 0. The van der Waals surface area contributed by atoms with Crippen LogP contribution in [0.15, 0.2) is 77.6 Å². The molecule has 35 heavy (non-hydrogen) atoms. The van der Waals surface area contributed by atoms with Crippen LogP contribution in [-0.4, -0.2) is 34.3 Å². The Balaban J connectivity index is 1.28. The van der Waals surface area contributed by atoms with E-state index in [4.69, 9.17) is 16.7 Å². The molecule has 4 aromatic rings. The van der Waals surface area contributed by atoms with Crippen molar-refractivity contribution in [2.24, 2.45) is 0 Å². The Bertz CT molecular complexity index is 1340. The molecular formula is C29H29ClFN3O. The first-order chi connectivity index (χ1) is 17.1. The van der Waals surface area contributed by atoms with Gasteiger partial charge in [-0.2, -0.15) is 5.10 Å². The average molecular weight is 490 g/mol. The maximum Gasteiger partial charge on any atom is 0.274 e. The molecule has 1 saturated heterocycles. The lowest BCUT2D eigenvalue weighted by molar-refractivity contribution is 0.175. The van der Waals surface area contributed by atoms with Crippen molar-refractivity contribution < 1.29 is 4.39 Å². The summed E-state index contributed by atoms with van der Waals surface area (Å²) in [5, 5.41) is 7.20. The first kappa shape index (κ1) is 23.7. The lowest BCUT2D eigenvalue weighted by atomic mass is 10.0. The van der Waals surface area contributed by atoms with Crippen molar-refractivity contribution >= 4 is 22.4 Å². The van der Waals surface area contributed by atoms with Gasteiger partial charge in [0.25, 0.3) is 5.56 Å². The number of halogens is 2. The van der Waals surface area contributed by atoms with E-state index < -0.39 is 0 Å². The maximum atomic E-state index is 13.4. The summed E-state index contributed by atoms with van der Waals surface area (Å²) in [4.78, 5) is 15.8. The molecule has 0 N–H and O–H groups in total. The van der Waals surface area contributed by atoms with Crippen LogP contribution in [0.25, 0.3) is 10.8 Å². The van der Waals surface area contributed by atoms with Gasteiger partial charge in [-0.05, 0) is 73.7 Å². The van der Waals surface area contributed by atoms with Gasteiger partial charge in [-0.25, -0.2) is 9.07 Å². The zero-order valence-electron chi connectivity index (χ0n) is 19.7. The Morgan fingerprint density at radius 1 is 0.886 bits per heavy atom. The zero-order chi connectivity index (χ0) is 24.2. The highest BCUT2D eigenvalue weighted by atomic mass is 35.5. The molecule has 0 unspecified atom stereocenters. The fraction of sp³-hybridized carbons (Fsp3) is 0.310. The number of benzene rings is 3. The topological polar surface area (TPSA) is 38.1 Å². The summed E-state index contributed by atoms with van der Waals surface area (Å²) >= 11 is 5.98. The first-order valence-corrected chi connectivity index (χ1v) is 12.7. The fourth-order valence-electron chi connectivity index (χ4n) is 4.99. The summed E-state index contributed by atoms with van der Waals surface area (Å²) in [6.07, 6.45) is 4.51. The highest BCUT2D eigenvalue weighted by Gasteiger charge is 2.23. The van der Waals surface area contributed by atoms with E-state index >= 15 is 0 Å². The molecule has 0 atom stereocenters. The lowest BCUT2D eigenvalue weighted by Crippen LogP contribution is -2.39. The summed E-state index contributed by atoms with van der Waals surface area (Å²) < 4.78 is 15.1. The van der Waals surface area contributed by atoms with Crippen molar-refractivity contribution in [2.45, 2.75) is 38.1 Å². The highest BCUT2D eigenvalue weighted by Crippen LogP contribution is 2.24. The number of nitrogens with zero attached hydrogens (tertiary/aromatic N) is 3. The molecule has 0 saturated carbocycles. The molecule has 2 heterocycles. The molecule has 1 fully saturated rings. The minimum absolute atomic E-state index is 0.0235. The molecule has 1 aliphatic rings. The summed E-state index contributed by atoms with van der Waals surface area (Å²) in [5.41, 5.74) is 3.12. The lowest BCUT2D eigenvalue weighted by Gasteiger charge is -2.32. The van der Waals surface area contributed by atoms with Gasteiger partial charge >= 0.3 is 0 Å². The predicted octanol–water partition coefficient (Wildman–Crippen LogP) is 6.05. The molecule has 0 bridgehead atoms. The molecule has 3 aromatic carbocycles. The normalized spacial score (nSPS) is 15.0. The van der Waals surface area contributed by atoms with Crippen molar-refractivity contribution in [3.63, 3.8) is 0 Å². The molecule has 180 valence electrons. The van der Waals surface area contributed by atoms with Crippen molar-refractivity contribution in [3.05, 3.63) is 111 Å². The third-order valence-corrected chi connectivity index (χ3v) is 7.20. The quantitative estimate of drug-likeness (QED) is 0.317. The van der Waals surface area contributed by atoms with Crippen LogP contribution in [0, 0.1) is 5.82 Å². The van der Waals surface area contributed by atoms with Gasteiger partial charge in [0.1, 0.15) is 5.82 Å². The van der Waals surface area contributed by atoms with Gasteiger partial charge in [0.15, 0.2) is 0 Å². The van der Waals surface area contributed by atoms with Crippen LogP contribution in [0.2, 0.25) is 5.02 Å².